The normalized spacial score (nSPS) is 19.3. The van der Waals surface area contributed by atoms with Crippen molar-refractivity contribution in [3.05, 3.63) is 46.9 Å². The lowest BCUT2D eigenvalue weighted by molar-refractivity contribution is -0.137. The van der Waals surface area contributed by atoms with Crippen molar-refractivity contribution < 1.29 is 14.3 Å². The summed E-state index contributed by atoms with van der Waals surface area (Å²) in [4.78, 5) is 27.7. The van der Waals surface area contributed by atoms with E-state index in [-0.39, 0.29) is 5.92 Å². The average Bonchev–Trinajstić information content (AvgIpc) is 2.88. The fourth-order valence-electron chi connectivity index (χ4n) is 5.32. The van der Waals surface area contributed by atoms with Gasteiger partial charge in [-0.1, -0.05) is 31.4 Å². The lowest BCUT2D eigenvalue weighted by atomic mass is 9.87. The third-order valence-corrected chi connectivity index (χ3v) is 7.16. The number of anilines is 1. The summed E-state index contributed by atoms with van der Waals surface area (Å²) in [5.74, 6) is 3.18. The number of morpholine rings is 1. The molecule has 1 amide bonds. The zero-order valence-electron chi connectivity index (χ0n) is 19.6. The summed E-state index contributed by atoms with van der Waals surface area (Å²) in [6, 6.07) is 8.09. The molecule has 0 radical (unpaired) electrons. The number of benzene rings is 1. The number of hydrogen-bond donors (Lipinski definition) is 0. The van der Waals surface area contributed by atoms with E-state index in [1.54, 1.807) is 7.11 Å². The number of carbonyl (C=O) groups is 1. The summed E-state index contributed by atoms with van der Waals surface area (Å²) in [5, 5.41) is 0. The summed E-state index contributed by atoms with van der Waals surface area (Å²) < 4.78 is 11.0. The highest BCUT2D eigenvalue weighted by Gasteiger charge is 2.32. The molecule has 1 aliphatic carbocycles. The fourth-order valence-corrected chi connectivity index (χ4v) is 5.32. The second kappa shape index (κ2) is 10.1. The first kappa shape index (κ1) is 22.1. The molecule has 0 N–H and O–H groups in total. The van der Waals surface area contributed by atoms with Gasteiger partial charge in [-0.25, -0.2) is 9.97 Å². The monoisotopic (exact) mass is 450 g/mol. The topological polar surface area (TPSA) is 67.8 Å². The van der Waals surface area contributed by atoms with Crippen LogP contribution in [-0.4, -0.2) is 60.7 Å². The van der Waals surface area contributed by atoms with Crippen LogP contribution in [0.5, 0.6) is 5.75 Å². The predicted molar refractivity (Wildman–Crippen MR) is 127 cm³/mol. The van der Waals surface area contributed by atoms with Crippen LogP contribution in [0.15, 0.2) is 24.3 Å². The smallest absolute Gasteiger partial charge is 0.225 e. The van der Waals surface area contributed by atoms with Crippen LogP contribution in [-0.2, 0) is 28.9 Å². The van der Waals surface area contributed by atoms with E-state index in [1.807, 2.05) is 18.2 Å². The minimum absolute atomic E-state index is 0.195. The Morgan fingerprint density at radius 1 is 1.12 bits per heavy atom. The van der Waals surface area contributed by atoms with Gasteiger partial charge in [0.2, 0.25) is 5.91 Å². The molecule has 1 saturated carbocycles. The summed E-state index contributed by atoms with van der Waals surface area (Å²) in [6.45, 7) is 4.41. The van der Waals surface area contributed by atoms with E-state index >= 15 is 0 Å². The van der Waals surface area contributed by atoms with Crippen LogP contribution >= 0.6 is 0 Å². The molecule has 7 nitrogen and oxygen atoms in total. The highest BCUT2D eigenvalue weighted by molar-refractivity contribution is 5.79. The van der Waals surface area contributed by atoms with Crippen LogP contribution in [0.1, 0.15) is 54.7 Å². The van der Waals surface area contributed by atoms with Crippen molar-refractivity contribution in [2.24, 2.45) is 5.92 Å². The van der Waals surface area contributed by atoms with Crippen LogP contribution in [0, 0.1) is 5.92 Å². The number of carbonyl (C=O) groups excluding carboxylic acids is 1. The molecule has 0 unspecified atom stereocenters. The van der Waals surface area contributed by atoms with Crippen LogP contribution in [0.4, 0.5) is 5.82 Å². The number of rotatable bonds is 5. The molecule has 1 aromatic carbocycles. The Morgan fingerprint density at radius 3 is 2.73 bits per heavy atom. The van der Waals surface area contributed by atoms with Gasteiger partial charge in [0.05, 0.1) is 32.6 Å². The van der Waals surface area contributed by atoms with E-state index in [9.17, 15) is 4.79 Å². The van der Waals surface area contributed by atoms with Gasteiger partial charge in [-0.05, 0) is 30.5 Å². The molecular weight excluding hydrogens is 416 g/mol. The number of amides is 1. The van der Waals surface area contributed by atoms with Crippen molar-refractivity contribution in [2.75, 3.05) is 44.9 Å². The number of aromatic nitrogens is 2. The summed E-state index contributed by atoms with van der Waals surface area (Å²) in [5.41, 5.74) is 3.35. The third-order valence-electron chi connectivity index (χ3n) is 7.16. The van der Waals surface area contributed by atoms with E-state index < -0.39 is 0 Å². The molecule has 2 aliphatic heterocycles. The van der Waals surface area contributed by atoms with Gasteiger partial charge in [0.25, 0.3) is 0 Å². The molecule has 0 spiro atoms. The molecule has 3 aliphatic rings. The van der Waals surface area contributed by atoms with Crippen molar-refractivity contribution in [3.8, 4) is 5.75 Å². The Morgan fingerprint density at radius 2 is 1.94 bits per heavy atom. The summed E-state index contributed by atoms with van der Waals surface area (Å²) >= 11 is 0. The van der Waals surface area contributed by atoms with Crippen LogP contribution in [0.2, 0.25) is 0 Å². The number of ether oxygens (including phenoxy) is 2. The zero-order valence-corrected chi connectivity index (χ0v) is 19.6. The van der Waals surface area contributed by atoms with E-state index in [1.165, 1.54) is 19.3 Å². The first-order valence-corrected chi connectivity index (χ1v) is 12.3. The zero-order chi connectivity index (χ0) is 22.6. The lowest BCUT2D eigenvalue weighted by Gasteiger charge is -2.36. The van der Waals surface area contributed by atoms with E-state index in [2.05, 4.69) is 15.9 Å². The van der Waals surface area contributed by atoms with Gasteiger partial charge in [-0.3, -0.25) is 4.79 Å². The molecule has 2 fully saturated rings. The van der Waals surface area contributed by atoms with Crippen molar-refractivity contribution in [2.45, 2.75) is 51.5 Å². The number of methoxy groups -OCH3 is 1. The van der Waals surface area contributed by atoms with Gasteiger partial charge in [-0.15, -0.1) is 0 Å². The van der Waals surface area contributed by atoms with Crippen LogP contribution in [0.3, 0.4) is 0 Å². The summed E-state index contributed by atoms with van der Waals surface area (Å²) in [6.07, 6.45) is 7.14. The van der Waals surface area contributed by atoms with Gasteiger partial charge in [0.1, 0.15) is 17.4 Å². The quantitative estimate of drug-likeness (QED) is 0.696. The molecule has 1 saturated heterocycles. The molecule has 7 heteroatoms. The largest absolute Gasteiger partial charge is 0.497 e. The first-order valence-electron chi connectivity index (χ1n) is 12.3. The highest BCUT2D eigenvalue weighted by atomic mass is 16.5. The maximum Gasteiger partial charge on any atom is 0.225 e. The minimum Gasteiger partial charge on any atom is -0.497 e. The first-order chi connectivity index (χ1) is 16.2. The molecule has 1 aromatic heterocycles. The lowest BCUT2D eigenvalue weighted by Crippen LogP contribution is -2.43. The Hall–Kier alpha value is -2.67. The fraction of sp³-hybridized carbons (Fsp3) is 0.577. The molecule has 33 heavy (non-hydrogen) atoms. The Bertz CT molecular complexity index is 983. The Kier molecular flexibility index (Phi) is 6.76. The van der Waals surface area contributed by atoms with Crippen molar-refractivity contribution in [3.63, 3.8) is 0 Å². The molecule has 0 atom stereocenters. The molecular formula is C26H34N4O3. The molecule has 2 aromatic rings. The second-order valence-electron chi connectivity index (χ2n) is 9.36. The SMILES string of the molecule is COc1cccc(Cc2nc3c(c(N4CCOCC4)n2)CN(C(=O)C2CCCCC2)CC3)c1. The molecule has 0 bridgehead atoms. The van der Waals surface area contributed by atoms with Crippen molar-refractivity contribution >= 4 is 11.7 Å². The summed E-state index contributed by atoms with van der Waals surface area (Å²) in [7, 11) is 1.69. The van der Waals surface area contributed by atoms with Gasteiger partial charge in [0, 0.05) is 44.0 Å². The maximum atomic E-state index is 13.3. The van der Waals surface area contributed by atoms with Gasteiger partial charge in [0.15, 0.2) is 0 Å². The van der Waals surface area contributed by atoms with E-state index in [0.29, 0.717) is 32.1 Å². The molecule has 5 rings (SSSR count). The Balaban J connectivity index is 1.43. The average molecular weight is 451 g/mol. The van der Waals surface area contributed by atoms with Crippen molar-refractivity contribution in [1.82, 2.24) is 14.9 Å². The van der Waals surface area contributed by atoms with E-state index in [0.717, 1.165) is 73.1 Å². The Labute approximate surface area is 196 Å². The van der Waals surface area contributed by atoms with Gasteiger partial charge < -0.3 is 19.3 Å². The third kappa shape index (κ3) is 4.98. The predicted octanol–water partition coefficient (Wildman–Crippen LogP) is 3.38. The van der Waals surface area contributed by atoms with Gasteiger partial charge >= 0.3 is 0 Å². The van der Waals surface area contributed by atoms with Gasteiger partial charge in [-0.2, -0.15) is 0 Å². The standard InChI is InChI=1S/C26H34N4O3/c1-32-21-9-5-6-19(16-21)17-24-27-23-10-11-30(26(31)20-7-3-2-4-8-20)18-22(23)25(28-24)29-12-14-33-15-13-29/h5-6,9,16,20H,2-4,7-8,10-15,17-18H2,1H3. The number of fused-ring (bicyclic) bond motifs is 1. The van der Waals surface area contributed by atoms with Crippen LogP contribution < -0.4 is 9.64 Å². The molecule has 176 valence electrons. The number of hydrogen-bond acceptors (Lipinski definition) is 6. The maximum absolute atomic E-state index is 13.3. The van der Waals surface area contributed by atoms with Crippen LogP contribution in [0.25, 0.3) is 0 Å². The highest BCUT2D eigenvalue weighted by Crippen LogP contribution is 2.31. The van der Waals surface area contributed by atoms with E-state index in [4.69, 9.17) is 19.4 Å². The second-order valence-corrected chi connectivity index (χ2v) is 9.36. The number of nitrogens with zero attached hydrogens (tertiary/aromatic N) is 4. The minimum atomic E-state index is 0.195. The van der Waals surface area contributed by atoms with Crippen molar-refractivity contribution in [1.29, 1.82) is 0 Å². The molecule has 3 heterocycles.